The molecule has 0 aromatic heterocycles. The maximum atomic E-state index is 12.2. The third-order valence-electron chi connectivity index (χ3n) is 4.85. The summed E-state index contributed by atoms with van der Waals surface area (Å²) in [7, 11) is 1.85. The molecule has 2 saturated carbocycles. The largest absolute Gasteiger partial charge is 0.387 e. The van der Waals surface area contributed by atoms with E-state index < -0.39 is 0 Å². The van der Waals surface area contributed by atoms with Crippen LogP contribution in [-0.2, 0) is 0 Å². The standard InChI is InChI=1S/C16H22N2O/c1-17-15-5-3-2-4-14(15)16(19)18-10-13-9-11-6-7-12(13)8-11/h2-5,11-13,17H,6-10H2,1H3,(H,18,19)/t11-,12-,13-/m1/s1. The topological polar surface area (TPSA) is 41.1 Å². The smallest absolute Gasteiger partial charge is 0.253 e. The van der Waals surface area contributed by atoms with Crippen molar-refractivity contribution in [1.29, 1.82) is 0 Å². The predicted molar refractivity (Wildman–Crippen MR) is 77.3 cm³/mol. The number of amides is 1. The first kappa shape index (κ1) is 12.5. The Morgan fingerprint density at radius 1 is 1.26 bits per heavy atom. The number of carbonyl (C=O) groups excluding carboxylic acids is 1. The monoisotopic (exact) mass is 258 g/mol. The lowest BCUT2D eigenvalue weighted by atomic mass is 9.89. The Labute approximate surface area is 114 Å². The van der Waals surface area contributed by atoms with Crippen LogP contribution in [0, 0.1) is 17.8 Å². The van der Waals surface area contributed by atoms with Crippen LogP contribution in [-0.4, -0.2) is 19.5 Å². The molecule has 3 rings (SSSR count). The van der Waals surface area contributed by atoms with E-state index in [2.05, 4.69) is 10.6 Å². The molecule has 3 atom stereocenters. The number of nitrogens with one attached hydrogen (secondary N) is 2. The summed E-state index contributed by atoms with van der Waals surface area (Å²) in [6, 6.07) is 7.67. The summed E-state index contributed by atoms with van der Waals surface area (Å²) in [5, 5.41) is 6.19. The number of para-hydroxylation sites is 1. The molecule has 1 aromatic rings. The second-order valence-electron chi connectivity index (χ2n) is 5.94. The van der Waals surface area contributed by atoms with Crippen molar-refractivity contribution in [2.45, 2.75) is 25.7 Å². The third-order valence-corrected chi connectivity index (χ3v) is 4.85. The molecule has 1 amide bonds. The van der Waals surface area contributed by atoms with E-state index >= 15 is 0 Å². The summed E-state index contributed by atoms with van der Waals surface area (Å²) >= 11 is 0. The summed E-state index contributed by atoms with van der Waals surface area (Å²) in [6.45, 7) is 0.845. The number of carbonyl (C=O) groups is 1. The zero-order valence-corrected chi connectivity index (χ0v) is 11.5. The highest BCUT2D eigenvalue weighted by Gasteiger charge is 2.39. The Morgan fingerprint density at radius 2 is 2.11 bits per heavy atom. The van der Waals surface area contributed by atoms with Crippen molar-refractivity contribution < 1.29 is 4.79 Å². The van der Waals surface area contributed by atoms with Crippen LogP contribution in [0.1, 0.15) is 36.0 Å². The molecule has 3 heteroatoms. The van der Waals surface area contributed by atoms with E-state index in [-0.39, 0.29) is 5.91 Å². The molecule has 0 spiro atoms. The molecule has 2 aliphatic carbocycles. The van der Waals surface area contributed by atoms with Crippen LogP contribution in [0.25, 0.3) is 0 Å². The van der Waals surface area contributed by atoms with Gasteiger partial charge in [-0.3, -0.25) is 4.79 Å². The molecule has 3 nitrogen and oxygen atoms in total. The van der Waals surface area contributed by atoms with E-state index in [1.54, 1.807) is 0 Å². The lowest BCUT2D eigenvalue weighted by molar-refractivity contribution is 0.0942. The summed E-state index contributed by atoms with van der Waals surface area (Å²) < 4.78 is 0. The van der Waals surface area contributed by atoms with Crippen molar-refractivity contribution in [3.8, 4) is 0 Å². The normalized spacial score (nSPS) is 28.4. The number of hydrogen-bond donors (Lipinski definition) is 2. The van der Waals surface area contributed by atoms with Crippen molar-refractivity contribution in [3.63, 3.8) is 0 Å². The van der Waals surface area contributed by atoms with Crippen LogP contribution in [0.5, 0.6) is 0 Å². The Kier molecular flexibility index (Phi) is 3.45. The Hall–Kier alpha value is -1.51. The fourth-order valence-electron chi connectivity index (χ4n) is 3.84. The van der Waals surface area contributed by atoms with Crippen LogP contribution in [0.2, 0.25) is 0 Å². The van der Waals surface area contributed by atoms with Gasteiger partial charge >= 0.3 is 0 Å². The van der Waals surface area contributed by atoms with Crippen LogP contribution in [0.4, 0.5) is 5.69 Å². The highest BCUT2D eigenvalue weighted by Crippen LogP contribution is 2.47. The van der Waals surface area contributed by atoms with E-state index in [4.69, 9.17) is 0 Å². The van der Waals surface area contributed by atoms with Crippen molar-refractivity contribution in [3.05, 3.63) is 29.8 Å². The lowest BCUT2D eigenvalue weighted by Gasteiger charge is -2.22. The zero-order valence-electron chi connectivity index (χ0n) is 11.5. The van der Waals surface area contributed by atoms with Crippen LogP contribution in [0.3, 0.4) is 0 Å². The summed E-state index contributed by atoms with van der Waals surface area (Å²) in [5.41, 5.74) is 1.64. The van der Waals surface area contributed by atoms with Gasteiger partial charge in [0.15, 0.2) is 0 Å². The fraction of sp³-hybridized carbons (Fsp3) is 0.562. The van der Waals surface area contributed by atoms with Gasteiger partial charge in [0, 0.05) is 19.3 Å². The van der Waals surface area contributed by atoms with E-state index in [9.17, 15) is 4.79 Å². The predicted octanol–water partition coefficient (Wildman–Crippen LogP) is 2.89. The second-order valence-corrected chi connectivity index (χ2v) is 5.94. The molecule has 0 aliphatic heterocycles. The van der Waals surface area contributed by atoms with Gasteiger partial charge in [-0.2, -0.15) is 0 Å². The van der Waals surface area contributed by atoms with Gasteiger partial charge in [-0.25, -0.2) is 0 Å². The van der Waals surface area contributed by atoms with Crippen molar-refractivity contribution in [2.24, 2.45) is 17.8 Å². The highest BCUT2D eigenvalue weighted by molar-refractivity contribution is 5.99. The van der Waals surface area contributed by atoms with Crippen LogP contribution in [0.15, 0.2) is 24.3 Å². The minimum Gasteiger partial charge on any atom is -0.387 e. The Bertz CT molecular complexity index is 472. The molecular weight excluding hydrogens is 236 g/mol. The van der Waals surface area contributed by atoms with Crippen molar-refractivity contribution >= 4 is 11.6 Å². The zero-order chi connectivity index (χ0) is 13.2. The third kappa shape index (κ3) is 2.46. The molecule has 0 heterocycles. The maximum absolute atomic E-state index is 12.2. The minimum absolute atomic E-state index is 0.0488. The SMILES string of the molecule is CNc1ccccc1C(=O)NC[C@H]1C[C@@H]2CC[C@@H]1C2. The molecule has 2 N–H and O–H groups in total. The van der Waals surface area contributed by atoms with Gasteiger partial charge < -0.3 is 10.6 Å². The Morgan fingerprint density at radius 3 is 2.79 bits per heavy atom. The Balaban J connectivity index is 1.59. The first-order chi connectivity index (χ1) is 9.28. The molecule has 2 fully saturated rings. The maximum Gasteiger partial charge on any atom is 0.253 e. The van der Waals surface area contributed by atoms with E-state index in [1.807, 2.05) is 31.3 Å². The first-order valence-corrected chi connectivity index (χ1v) is 7.33. The molecule has 19 heavy (non-hydrogen) atoms. The van der Waals surface area contributed by atoms with E-state index in [0.717, 1.165) is 29.6 Å². The number of anilines is 1. The fourth-order valence-corrected chi connectivity index (χ4v) is 3.84. The molecule has 0 radical (unpaired) electrons. The number of benzene rings is 1. The van der Waals surface area contributed by atoms with Gasteiger partial charge in [-0.15, -0.1) is 0 Å². The lowest BCUT2D eigenvalue weighted by Crippen LogP contribution is -2.31. The molecule has 2 bridgehead atoms. The molecule has 2 aliphatic rings. The van der Waals surface area contributed by atoms with Crippen LogP contribution >= 0.6 is 0 Å². The number of hydrogen-bond acceptors (Lipinski definition) is 2. The summed E-state index contributed by atoms with van der Waals surface area (Å²) in [5.74, 6) is 2.57. The highest BCUT2D eigenvalue weighted by atomic mass is 16.1. The number of rotatable bonds is 4. The van der Waals surface area contributed by atoms with E-state index in [1.165, 1.54) is 25.7 Å². The molecule has 1 aromatic carbocycles. The average Bonchev–Trinajstić information content (AvgIpc) is 3.07. The molecule has 0 saturated heterocycles. The molecular formula is C16H22N2O. The average molecular weight is 258 g/mol. The quantitative estimate of drug-likeness (QED) is 0.872. The van der Waals surface area contributed by atoms with Gasteiger partial charge in [-0.05, 0) is 49.1 Å². The van der Waals surface area contributed by atoms with Gasteiger partial charge in [0.25, 0.3) is 5.91 Å². The van der Waals surface area contributed by atoms with Gasteiger partial charge in [0.2, 0.25) is 0 Å². The molecule has 0 unspecified atom stereocenters. The summed E-state index contributed by atoms with van der Waals surface area (Å²) in [6.07, 6.45) is 5.50. The minimum atomic E-state index is 0.0488. The first-order valence-electron chi connectivity index (χ1n) is 7.33. The van der Waals surface area contributed by atoms with Crippen LogP contribution < -0.4 is 10.6 Å². The van der Waals surface area contributed by atoms with Crippen molar-refractivity contribution in [1.82, 2.24) is 5.32 Å². The molecule has 102 valence electrons. The van der Waals surface area contributed by atoms with Crippen molar-refractivity contribution in [2.75, 3.05) is 18.9 Å². The van der Waals surface area contributed by atoms with Gasteiger partial charge in [0.1, 0.15) is 0 Å². The van der Waals surface area contributed by atoms with Gasteiger partial charge in [0.05, 0.1) is 5.56 Å². The number of fused-ring (bicyclic) bond motifs is 2. The van der Waals surface area contributed by atoms with E-state index in [0.29, 0.717) is 5.92 Å². The summed E-state index contributed by atoms with van der Waals surface area (Å²) in [4.78, 5) is 12.2. The second kappa shape index (κ2) is 5.24. The van der Waals surface area contributed by atoms with Gasteiger partial charge in [-0.1, -0.05) is 18.6 Å².